The molecule has 2 amide bonds. The van der Waals surface area contributed by atoms with Gasteiger partial charge in [0.1, 0.15) is 0 Å². The third kappa shape index (κ3) is 4.38. The minimum absolute atomic E-state index is 0.113. The minimum atomic E-state index is -0.113. The molecule has 1 aromatic carbocycles. The zero-order chi connectivity index (χ0) is 15.9. The summed E-state index contributed by atoms with van der Waals surface area (Å²) < 4.78 is 2.17. The number of nitrogens with zero attached hydrogens (tertiary/aromatic N) is 1. The Bertz CT molecular complexity index is 618. The first-order valence-corrected chi connectivity index (χ1v) is 7.83. The lowest BCUT2D eigenvalue weighted by Gasteiger charge is -2.14. The van der Waals surface area contributed by atoms with E-state index in [-0.39, 0.29) is 12.1 Å². The summed E-state index contributed by atoms with van der Waals surface area (Å²) in [5.41, 5.74) is 3.68. The van der Waals surface area contributed by atoms with Crippen molar-refractivity contribution in [3.63, 3.8) is 0 Å². The van der Waals surface area contributed by atoms with Crippen molar-refractivity contribution in [2.45, 2.75) is 46.3 Å². The quantitative estimate of drug-likeness (QED) is 0.843. The number of carbonyl (C=O) groups is 1. The van der Waals surface area contributed by atoms with E-state index in [0.29, 0.717) is 6.54 Å². The molecule has 1 heterocycles. The van der Waals surface area contributed by atoms with Gasteiger partial charge in [-0.3, -0.25) is 0 Å². The SMILES string of the molecule is CC[C@@H](C)NC(=O)NCc1cccn1Cc1ccccc1C. The van der Waals surface area contributed by atoms with E-state index >= 15 is 0 Å². The predicted molar refractivity (Wildman–Crippen MR) is 89.8 cm³/mol. The van der Waals surface area contributed by atoms with Crippen molar-refractivity contribution in [1.82, 2.24) is 15.2 Å². The Labute approximate surface area is 132 Å². The Morgan fingerprint density at radius 1 is 1.23 bits per heavy atom. The molecular formula is C18H25N3O. The van der Waals surface area contributed by atoms with Gasteiger partial charge in [0.15, 0.2) is 0 Å². The monoisotopic (exact) mass is 299 g/mol. The number of amides is 2. The molecule has 0 radical (unpaired) electrons. The molecule has 1 atom stereocenters. The summed E-state index contributed by atoms with van der Waals surface area (Å²) in [6.45, 7) is 7.53. The summed E-state index contributed by atoms with van der Waals surface area (Å²) >= 11 is 0. The first kappa shape index (κ1) is 16.1. The van der Waals surface area contributed by atoms with Crippen molar-refractivity contribution in [1.29, 1.82) is 0 Å². The molecule has 0 spiro atoms. The smallest absolute Gasteiger partial charge is 0.315 e. The average molecular weight is 299 g/mol. The van der Waals surface area contributed by atoms with Crippen molar-refractivity contribution >= 4 is 6.03 Å². The van der Waals surface area contributed by atoms with Crippen LogP contribution in [-0.4, -0.2) is 16.6 Å². The summed E-state index contributed by atoms with van der Waals surface area (Å²) in [6.07, 6.45) is 2.98. The van der Waals surface area contributed by atoms with Crippen molar-refractivity contribution in [2.75, 3.05) is 0 Å². The first-order chi connectivity index (χ1) is 10.6. The number of urea groups is 1. The summed E-state index contributed by atoms with van der Waals surface area (Å²) in [5.74, 6) is 0. The van der Waals surface area contributed by atoms with E-state index in [1.807, 2.05) is 19.1 Å². The molecule has 118 valence electrons. The molecule has 2 N–H and O–H groups in total. The maximum absolute atomic E-state index is 11.8. The molecule has 0 aliphatic rings. The number of hydrogen-bond acceptors (Lipinski definition) is 1. The second-order valence-corrected chi connectivity index (χ2v) is 5.69. The summed E-state index contributed by atoms with van der Waals surface area (Å²) in [4.78, 5) is 11.8. The number of nitrogens with one attached hydrogen (secondary N) is 2. The molecule has 0 unspecified atom stereocenters. The number of carbonyl (C=O) groups excluding carboxylic acids is 1. The van der Waals surface area contributed by atoms with Gasteiger partial charge in [0, 0.05) is 24.5 Å². The predicted octanol–water partition coefficient (Wildman–Crippen LogP) is 3.44. The second kappa shape index (κ2) is 7.69. The van der Waals surface area contributed by atoms with Crippen molar-refractivity contribution in [2.24, 2.45) is 0 Å². The standard InChI is InChI=1S/C18H25N3O/c1-4-15(3)20-18(22)19-12-17-10-7-11-21(17)13-16-9-6-5-8-14(16)2/h5-11,15H,4,12-13H2,1-3H3,(H2,19,20,22)/t15-/m1/s1. The van der Waals surface area contributed by atoms with Gasteiger partial charge in [-0.05, 0) is 43.5 Å². The van der Waals surface area contributed by atoms with E-state index in [9.17, 15) is 4.79 Å². The van der Waals surface area contributed by atoms with Crippen LogP contribution in [0, 0.1) is 6.92 Å². The van der Waals surface area contributed by atoms with Crippen LogP contribution in [0.4, 0.5) is 4.79 Å². The Morgan fingerprint density at radius 2 is 2.00 bits per heavy atom. The highest BCUT2D eigenvalue weighted by atomic mass is 16.2. The molecule has 0 fully saturated rings. The van der Waals surface area contributed by atoms with Gasteiger partial charge in [-0.15, -0.1) is 0 Å². The van der Waals surface area contributed by atoms with Crippen LogP contribution in [0.15, 0.2) is 42.6 Å². The van der Waals surface area contributed by atoms with Crippen LogP contribution in [0.25, 0.3) is 0 Å². The van der Waals surface area contributed by atoms with Gasteiger partial charge in [-0.25, -0.2) is 4.79 Å². The van der Waals surface area contributed by atoms with Crippen molar-refractivity contribution < 1.29 is 4.79 Å². The van der Waals surface area contributed by atoms with Crippen LogP contribution >= 0.6 is 0 Å². The van der Waals surface area contributed by atoms with Gasteiger partial charge in [0.2, 0.25) is 0 Å². The van der Waals surface area contributed by atoms with Crippen LogP contribution in [0.2, 0.25) is 0 Å². The fraction of sp³-hybridized carbons (Fsp3) is 0.389. The molecule has 22 heavy (non-hydrogen) atoms. The summed E-state index contributed by atoms with van der Waals surface area (Å²) in [7, 11) is 0. The topological polar surface area (TPSA) is 46.1 Å². The zero-order valence-corrected chi connectivity index (χ0v) is 13.6. The third-order valence-electron chi connectivity index (χ3n) is 3.95. The Hall–Kier alpha value is -2.23. The molecule has 0 aliphatic heterocycles. The van der Waals surface area contributed by atoms with Gasteiger partial charge in [-0.1, -0.05) is 31.2 Å². The van der Waals surface area contributed by atoms with E-state index in [0.717, 1.165) is 18.7 Å². The lowest BCUT2D eigenvalue weighted by atomic mass is 10.1. The molecular weight excluding hydrogens is 274 g/mol. The van der Waals surface area contributed by atoms with E-state index in [1.54, 1.807) is 0 Å². The molecule has 1 aromatic heterocycles. The molecule has 0 saturated carbocycles. The highest BCUT2D eigenvalue weighted by Crippen LogP contribution is 2.11. The van der Waals surface area contributed by atoms with Gasteiger partial charge in [-0.2, -0.15) is 0 Å². The van der Waals surface area contributed by atoms with Crippen LogP contribution in [-0.2, 0) is 13.1 Å². The second-order valence-electron chi connectivity index (χ2n) is 5.69. The van der Waals surface area contributed by atoms with Crippen molar-refractivity contribution in [3.8, 4) is 0 Å². The van der Waals surface area contributed by atoms with E-state index < -0.39 is 0 Å². The molecule has 0 bridgehead atoms. The number of aromatic nitrogens is 1. The van der Waals surface area contributed by atoms with E-state index in [4.69, 9.17) is 0 Å². The van der Waals surface area contributed by atoms with Gasteiger partial charge < -0.3 is 15.2 Å². The molecule has 4 heteroatoms. The van der Waals surface area contributed by atoms with Gasteiger partial charge >= 0.3 is 6.03 Å². The Morgan fingerprint density at radius 3 is 2.73 bits per heavy atom. The highest BCUT2D eigenvalue weighted by molar-refractivity contribution is 5.74. The van der Waals surface area contributed by atoms with Gasteiger partial charge in [0.05, 0.1) is 6.54 Å². The number of rotatable bonds is 6. The molecule has 0 aliphatic carbocycles. The number of hydrogen-bond donors (Lipinski definition) is 2. The van der Waals surface area contributed by atoms with Crippen LogP contribution < -0.4 is 10.6 Å². The normalized spacial score (nSPS) is 12.0. The fourth-order valence-electron chi connectivity index (χ4n) is 2.28. The van der Waals surface area contributed by atoms with Crippen LogP contribution in [0.3, 0.4) is 0 Å². The molecule has 4 nitrogen and oxygen atoms in total. The minimum Gasteiger partial charge on any atom is -0.345 e. The molecule has 2 aromatic rings. The maximum Gasteiger partial charge on any atom is 0.315 e. The number of aryl methyl sites for hydroxylation is 1. The zero-order valence-electron chi connectivity index (χ0n) is 13.6. The molecule has 0 saturated heterocycles. The first-order valence-electron chi connectivity index (χ1n) is 7.83. The largest absolute Gasteiger partial charge is 0.345 e. The maximum atomic E-state index is 11.8. The van der Waals surface area contributed by atoms with E-state index in [1.165, 1.54) is 11.1 Å². The van der Waals surface area contributed by atoms with Crippen LogP contribution in [0.1, 0.15) is 37.1 Å². The lowest BCUT2D eigenvalue weighted by Crippen LogP contribution is -2.40. The van der Waals surface area contributed by atoms with Gasteiger partial charge in [0.25, 0.3) is 0 Å². The summed E-state index contributed by atoms with van der Waals surface area (Å²) in [5, 5.41) is 5.83. The molecule has 2 rings (SSSR count). The Balaban J connectivity index is 1.95. The highest BCUT2D eigenvalue weighted by Gasteiger charge is 2.07. The fourth-order valence-corrected chi connectivity index (χ4v) is 2.28. The van der Waals surface area contributed by atoms with Crippen molar-refractivity contribution in [3.05, 3.63) is 59.4 Å². The Kier molecular flexibility index (Phi) is 5.64. The van der Waals surface area contributed by atoms with E-state index in [2.05, 4.69) is 59.5 Å². The number of benzene rings is 1. The lowest BCUT2D eigenvalue weighted by molar-refractivity contribution is 0.237. The average Bonchev–Trinajstić information content (AvgIpc) is 2.94. The summed E-state index contributed by atoms with van der Waals surface area (Å²) in [6, 6.07) is 12.5. The van der Waals surface area contributed by atoms with Crippen LogP contribution in [0.5, 0.6) is 0 Å². The third-order valence-corrected chi connectivity index (χ3v) is 3.95.